The molecule has 0 aliphatic carbocycles. The predicted octanol–water partition coefficient (Wildman–Crippen LogP) is 3.80. The molecule has 1 N–H and O–H groups in total. The molecule has 1 saturated heterocycles. The van der Waals surface area contributed by atoms with E-state index in [1.165, 1.54) is 0 Å². The molecule has 0 spiro atoms. The predicted molar refractivity (Wildman–Crippen MR) is 120 cm³/mol. The third-order valence-corrected chi connectivity index (χ3v) is 4.77. The molecule has 1 amide bonds. The number of amides is 1. The second-order valence-electron chi connectivity index (χ2n) is 7.33. The lowest BCUT2D eigenvalue weighted by molar-refractivity contribution is 0.0634. The van der Waals surface area contributed by atoms with Crippen LogP contribution >= 0.6 is 24.8 Å². The first kappa shape index (κ1) is 24.2. The Labute approximate surface area is 180 Å². The molecule has 1 unspecified atom stereocenters. The minimum absolute atomic E-state index is 0. The molecule has 154 valence electrons. The van der Waals surface area contributed by atoms with Crippen molar-refractivity contribution < 1.29 is 4.79 Å². The molecule has 7 heteroatoms. The molecule has 2 heterocycles. The maximum absolute atomic E-state index is 13.1. The zero-order valence-electron chi connectivity index (χ0n) is 16.7. The van der Waals surface area contributed by atoms with Crippen molar-refractivity contribution in [3.8, 4) is 0 Å². The van der Waals surface area contributed by atoms with E-state index >= 15 is 0 Å². The van der Waals surface area contributed by atoms with Gasteiger partial charge < -0.3 is 15.1 Å². The van der Waals surface area contributed by atoms with Crippen LogP contribution in [0.3, 0.4) is 0 Å². The summed E-state index contributed by atoms with van der Waals surface area (Å²) in [5, 5.41) is 3.38. The van der Waals surface area contributed by atoms with Crippen LogP contribution in [-0.4, -0.2) is 49.0 Å². The van der Waals surface area contributed by atoms with Crippen molar-refractivity contribution in [2.45, 2.75) is 19.9 Å². The number of anilines is 1. The fourth-order valence-corrected chi connectivity index (χ4v) is 3.50. The lowest BCUT2D eigenvalue weighted by atomic mass is 10.0. The van der Waals surface area contributed by atoms with E-state index in [1.54, 1.807) is 6.20 Å². The Bertz CT molecular complexity index is 725. The molecule has 1 aromatic heterocycles. The summed E-state index contributed by atoms with van der Waals surface area (Å²) in [7, 11) is 2.09. The van der Waals surface area contributed by atoms with Crippen molar-refractivity contribution in [3.05, 3.63) is 59.9 Å². The highest BCUT2D eigenvalue weighted by atomic mass is 35.5. The third kappa shape index (κ3) is 5.84. The second kappa shape index (κ2) is 11.2. The van der Waals surface area contributed by atoms with Crippen LogP contribution in [0.4, 0.5) is 5.69 Å². The molecule has 1 aliphatic heterocycles. The van der Waals surface area contributed by atoms with Crippen LogP contribution < -0.4 is 10.2 Å². The van der Waals surface area contributed by atoms with Crippen molar-refractivity contribution in [2.75, 3.05) is 38.1 Å². The number of halogens is 2. The van der Waals surface area contributed by atoms with Crippen LogP contribution in [0.1, 0.15) is 35.8 Å². The summed E-state index contributed by atoms with van der Waals surface area (Å²) < 4.78 is 0. The molecule has 28 heavy (non-hydrogen) atoms. The van der Waals surface area contributed by atoms with E-state index in [1.807, 2.05) is 47.5 Å². The monoisotopic (exact) mass is 424 g/mol. The molecule has 0 saturated carbocycles. The fraction of sp³-hybridized carbons (Fsp3) is 0.429. The Morgan fingerprint density at radius 1 is 1.25 bits per heavy atom. The van der Waals surface area contributed by atoms with E-state index in [2.05, 4.69) is 36.1 Å². The minimum Gasteiger partial charge on any atom is -0.374 e. The van der Waals surface area contributed by atoms with Gasteiger partial charge in [-0.25, -0.2) is 0 Å². The lowest BCUT2D eigenvalue weighted by Crippen LogP contribution is -2.48. The zero-order valence-corrected chi connectivity index (χ0v) is 18.3. The van der Waals surface area contributed by atoms with Gasteiger partial charge in [-0.05, 0) is 41.8 Å². The summed E-state index contributed by atoms with van der Waals surface area (Å²) in [5.41, 5.74) is 2.95. The fourth-order valence-electron chi connectivity index (χ4n) is 3.50. The van der Waals surface area contributed by atoms with Crippen molar-refractivity contribution in [1.29, 1.82) is 0 Å². The summed E-state index contributed by atoms with van der Waals surface area (Å²) in [6, 6.07) is 11.9. The molecular weight excluding hydrogens is 395 g/mol. The number of carbonyl (C=O) groups is 1. The Hall–Kier alpha value is -1.82. The van der Waals surface area contributed by atoms with E-state index < -0.39 is 0 Å². The molecule has 1 atom stereocenters. The SMILES string of the molecule is CC(C)CN(C)c1ccc(C(=O)N2CCNCC2c2cccnc2)cc1.Cl.Cl. The molecule has 0 bridgehead atoms. The number of hydrogen-bond donors (Lipinski definition) is 1. The first-order valence-corrected chi connectivity index (χ1v) is 9.29. The quantitative estimate of drug-likeness (QED) is 0.792. The number of nitrogens with zero attached hydrogens (tertiary/aromatic N) is 3. The number of nitrogens with one attached hydrogen (secondary N) is 1. The molecule has 2 aromatic rings. The van der Waals surface area contributed by atoms with Gasteiger partial charge in [0.15, 0.2) is 0 Å². The standard InChI is InChI=1S/C21H28N4O.2ClH/c1-16(2)15-24(3)19-8-6-17(7-9-19)21(26)25-12-11-23-14-20(25)18-5-4-10-22-13-18;;/h4-10,13,16,20,23H,11-12,14-15H2,1-3H3;2*1H. The van der Waals surface area contributed by atoms with Crippen LogP contribution in [0.15, 0.2) is 48.8 Å². The van der Waals surface area contributed by atoms with E-state index in [4.69, 9.17) is 0 Å². The van der Waals surface area contributed by atoms with Gasteiger partial charge in [0, 0.05) is 56.9 Å². The van der Waals surface area contributed by atoms with E-state index in [-0.39, 0.29) is 36.8 Å². The molecule has 3 rings (SSSR count). The molecule has 1 aliphatic rings. The first-order chi connectivity index (χ1) is 12.6. The van der Waals surface area contributed by atoms with Crippen molar-refractivity contribution in [2.24, 2.45) is 5.92 Å². The van der Waals surface area contributed by atoms with Gasteiger partial charge in [-0.3, -0.25) is 9.78 Å². The van der Waals surface area contributed by atoms with Gasteiger partial charge in [-0.1, -0.05) is 19.9 Å². The summed E-state index contributed by atoms with van der Waals surface area (Å²) in [4.78, 5) is 21.5. The average molecular weight is 425 g/mol. The highest BCUT2D eigenvalue weighted by molar-refractivity contribution is 5.95. The van der Waals surface area contributed by atoms with Crippen LogP contribution in [0.25, 0.3) is 0 Å². The van der Waals surface area contributed by atoms with Gasteiger partial charge in [-0.2, -0.15) is 0 Å². The minimum atomic E-state index is 0. The lowest BCUT2D eigenvalue weighted by Gasteiger charge is -2.36. The number of pyridine rings is 1. The van der Waals surface area contributed by atoms with Gasteiger partial charge in [-0.15, -0.1) is 24.8 Å². The van der Waals surface area contributed by atoms with E-state index in [9.17, 15) is 4.79 Å². The second-order valence-corrected chi connectivity index (χ2v) is 7.33. The summed E-state index contributed by atoms with van der Waals surface area (Å²) in [5.74, 6) is 0.681. The molecule has 1 fully saturated rings. The van der Waals surface area contributed by atoms with Gasteiger partial charge in [0.05, 0.1) is 6.04 Å². The van der Waals surface area contributed by atoms with Gasteiger partial charge in [0.1, 0.15) is 0 Å². The number of benzene rings is 1. The smallest absolute Gasteiger partial charge is 0.254 e. The van der Waals surface area contributed by atoms with Crippen molar-refractivity contribution in [1.82, 2.24) is 15.2 Å². The van der Waals surface area contributed by atoms with Crippen molar-refractivity contribution in [3.63, 3.8) is 0 Å². The van der Waals surface area contributed by atoms with Gasteiger partial charge in [0.25, 0.3) is 5.91 Å². The molecular formula is C21H30Cl2N4O. The number of rotatable bonds is 5. The van der Waals surface area contributed by atoms with Crippen LogP contribution in [0.5, 0.6) is 0 Å². The maximum atomic E-state index is 13.1. The Kier molecular flexibility index (Phi) is 9.73. The average Bonchev–Trinajstić information content (AvgIpc) is 2.68. The van der Waals surface area contributed by atoms with Crippen molar-refractivity contribution >= 4 is 36.4 Å². The van der Waals surface area contributed by atoms with Crippen LogP contribution in [0.2, 0.25) is 0 Å². The largest absolute Gasteiger partial charge is 0.374 e. The highest BCUT2D eigenvalue weighted by Gasteiger charge is 2.28. The normalized spacial score (nSPS) is 16.1. The molecule has 0 radical (unpaired) electrons. The third-order valence-electron chi connectivity index (χ3n) is 4.77. The Morgan fingerprint density at radius 2 is 1.96 bits per heavy atom. The van der Waals surface area contributed by atoms with Crippen LogP contribution in [0, 0.1) is 5.92 Å². The Balaban J connectivity index is 0.00000196. The van der Waals surface area contributed by atoms with E-state index in [0.717, 1.165) is 36.4 Å². The summed E-state index contributed by atoms with van der Waals surface area (Å²) >= 11 is 0. The number of aromatic nitrogens is 1. The number of carbonyl (C=O) groups excluding carboxylic acids is 1. The first-order valence-electron chi connectivity index (χ1n) is 9.29. The molecule has 5 nitrogen and oxygen atoms in total. The van der Waals surface area contributed by atoms with E-state index in [0.29, 0.717) is 12.5 Å². The van der Waals surface area contributed by atoms with Crippen LogP contribution in [-0.2, 0) is 0 Å². The maximum Gasteiger partial charge on any atom is 0.254 e. The zero-order chi connectivity index (χ0) is 18.5. The molecule has 1 aromatic carbocycles. The summed E-state index contributed by atoms with van der Waals surface area (Å²) in [6.07, 6.45) is 3.61. The highest BCUT2D eigenvalue weighted by Crippen LogP contribution is 2.24. The summed E-state index contributed by atoms with van der Waals surface area (Å²) in [6.45, 7) is 7.68. The Morgan fingerprint density at radius 3 is 2.57 bits per heavy atom. The number of hydrogen-bond acceptors (Lipinski definition) is 4. The van der Waals surface area contributed by atoms with Gasteiger partial charge >= 0.3 is 0 Å². The topological polar surface area (TPSA) is 48.5 Å². The number of piperazine rings is 1. The van der Waals surface area contributed by atoms with Gasteiger partial charge in [0.2, 0.25) is 0 Å².